The van der Waals surface area contributed by atoms with Crippen molar-refractivity contribution in [1.29, 1.82) is 0 Å². The van der Waals surface area contributed by atoms with Crippen LogP contribution in [0.3, 0.4) is 0 Å². The van der Waals surface area contributed by atoms with Gasteiger partial charge in [0.25, 0.3) is 0 Å². The van der Waals surface area contributed by atoms with Crippen LogP contribution in [0, 0.1) is 5.41 Å². The molecule has 2 atom stereocenters. The van der Waals surface area contributed by atoms with Gasteiger partial charge in [0, 0.05) is 35.4 Å². The number of benzene rings is 1. The molecule has 2 unspecified atom stereocenters. The summed E-state index contributed by atoms with van der Waals surface area (Å²) in [6.45, 7) is 7.28. The summed E-state index contributed by atoms with van der Waals surface area (Å²) in [4.78, 5) is 13.0. The fourth-order valence-electron chi connectivity index (χ4n) is 4.67. The Kier molecular flexibility index (Phi) is 5.40. The minimum atomic E-state index is -0.874. The molecule has 3 N–H and O–H groups in total. The molecular weight excluding hydrogens is 348 g/mol. The Labute approximate surface area is 161 Å². The molecule has 2 fully saturated rings. The lowest BCUT2D eigenvalue weighted by molar-refractivity contribution is -0.170. The van der Waals surface area contributed by atoms with E-state index in [1.165, 1.54) is 18.4 Å². The van der Waals surface area contributed by atoms with E-state index in [0.29, 0.717) is 19.6 Å². The summed E-state index contributed by atoms with van der Waals surface area (Å²) in [6.07, 6.45) is 5.09. The molecule has 3 rings (SSSR count). The molecule has 2 aliphatic rings. The molecule has 0 saturated heterocycles. The molecule has 0 aromatic heterocycles. The van der Waals surface area contributed by atoms with Crippen molar-refractivity contribution in [2.45, 2.75) is 69.9 Å². The Balaban J connectivity index is 1.72. The van der Waals surface area contributed by atoms with Gasteiger partial charge < -0.3 is 15.8 Å². The molecule has 26 heavy (non-hydrogen) atoms. The fraction of sp³-hybridized carbons (Fsp3) is 0.667. The number of carbonyl (C=O) groups is 1. The van der Waals surface area contributed by atoms with Crippen molar-refractivity contribution in [3.63, 3.8) is 0 Å². The Morgan fingerprint density at radius 3 is 2.62 bits per heavy atom. The standard InChI is InChI=1S/C21H31ClN2O2/c1-4-26-17-13-21(23,19(17,2)3)18(25)24-14-20(10-5-6-11-20)15-8-7-9-16(22)12-15/h7-9,12,17H,4-6,10-11,13-14,23H2,1-3H3,(H,24,25). The first-order chi connectivity index (χ1) is 12.2. The van der Waals surface area contributed by atoms with E-state index in [9.17, 15) is 4.79 Å². The van der Waals surface area contributed by atoms with Crippen LogP contribution in [0.5, 0.6) is 0 Å². The van der Waals surface area contributed by atoms with E-state index in [4.69, 9.17) is 22.1 Å². The second-order valence-electron chi connectivity index (χ2n) is 8.52. The molecule has 2 saturated carbocycles. The van der Waals surface area contributed by atoms with Gasteiger partial charge in [-0.2, -0.15) is 0 Å². The van der Waals surface area contributed by atoms with Crippen molar-refractivity contribution in [3.8, 4) is 0 Å². The fourth-order valence-corrected chi connectivity index (χ4v) is 4.86. The van der Waals surface area contributed by atoms with Crippen LogP contribution in [0.15, 0.2) is 24.3 Å². The Bertz CT molecular complexity index is 670. The zero-order chi connectivity index (χ0) is 19.0. The minimum Gasteiger partial charge on any atom is -0.378 e. The minimum absolute atomic E-state index is 0.0376. The number of nitrogens with two attached hydrogens (primary N) is 1. The molecule has 0 bridgehead atoms. The Morgan fingerprint density at radius 2 is 2.04 bits per heavy atom. The molecule has 4 nitrogen and oxygen atoms in total. The quantitative estimate of drug-likeness (QED) is 0.791. The summed E-state index contributed by atoms with van der Waals surface area (Å²) in [5, 5.41) is 3.93. The van der Waals surface area contributed by atoms with Gasteiger partial charge in [-0.15, -0.1) is 0 Å². The highest BCUT2D eigenvalue weighted by atomic mass is 35.5. The van der Waals surface area contributed by atoms with E-state index >= 15 is 0 Å². The normalized spacial score (nSPS) is 29.2. The van der Waals surface area contributed by atoms with Crippen molar-refractivity contribution >= 4 is 17.5 Å². The van der Waals surface area contributed by atoms with Gasteiger partial charge in [0.2, 0.25) is 5.91 Å². The summed E-state index contributed by atoms with van der Waals surface area (Å²) >= 11 is 6.21. The van der Waals surface area contributed by atoms with Gasteiger partial charge >= 0.3 is 0 Å². The predicted molar refractivity (Wildman–Crippen MR) is 105 cm³/mol. The first kappa shape index (κ1) is 19.7. The van der Waals surface area contributed by atoms with Crippen molar-refractivity contribution in [2.24, 2.45) is 11.1 Å². The lowest BCUT2D eigenvalue weighted by Gasteiger charge is -2.57. The number of halogens is 1. The molecule has 0 aliphatic heterocycles. The second kappa shape index (κ2) is 7.14. The zero-order valence-electron chi connectivity index (χ0n) is 16.1. The Hall–Kier alpha value is -1.10. The van der Waals surface area contributed by atoms with Gasteiger partial charge in [0.05, 0.1) is 6.10 Å². The van der Waals surface area contributed by atoms with E-state index in [0.717, 1.165) is 17.9 Å². The third-order valence-electron chi connectivity index (χ3n) is 6.82. The topological polar surface area (TPSA) is 64.3 Å². The first-order valence-electron chi connectivity index (χ1n) is 9.70. The molecule has 144 valence electrons. The molecule has 1 amide bonds. The Morgan fingerprint density at radius 1 is 1.35 bits per heavy atom. The number of carbonyl (C=O) groups excluding carboxylic acids is 1. The zero-order valence-corrected chi connectivity index (χ0v) is 16.9. The number of ether oxygens (including phenoxy) is 1. The first-order valence-corrected chi connectivity index (χ1v) is 10.1. The molecular formula is C21H31ClN2O2. The van der Waals surface area contributed by atoms with Crippen LogP contribution in [0.4, 0.5) is 0 Å². The number of amides is 1. The van der Waals surface area contributed by atoms with E-state index < -0.39 is 5.54 Å². The summed E-state index contributed by atoms with van der Waals surface area (Å²) in [5.74, 6) is -0.0632. The van der Waals surface area contributed by atoms with Gasteiger partial charge in [-0.25, -0.2) is 0 Å². The molecule has 0 spiro atoms. The number of nitrogens with one attached hydrogen (secondary N) is 1. The molecule has 1 aromatic carbocycles. The van der Waals surface area contributed by atoms with Crippen molar-refractivity contribution in [3.05, 3.63) is 34.9 Å². The highest BCUT2D eigenvalue weighted by Crippen LogP contribution is 2.50. The average molecular weight is 379 g/mol. The maximum absolute atomic E-state index is 13.0. The maximum atomic E-state index is 13.0. The van der Waals surface area contributed by atoms with Gasteiger partial charge in [-0.1, -0.05) is 50.4 Å². The maximum Gasteiger partial charge on any atom is 0.240 e. The average Bonchev–Trinajstić information content (AvgIpc) is 3.09. The van der Waals surface area contributed by atoms with Crippen LogP contribution in [-0.4, -0.2) is 30.7 Å². The number of rotatable bonds is 6. The van der Waals surface area contributed by atoms with Gasteiger partial charge in [0.1, 0.15) is 5.54 Å². The van der Waals surface area contributed by atoms with Gasteiger partial charge in [-0.3, -0.25) is 4.79 Å². The molecule has 5 heteroatoms. The monoisotopic (exact) mass is 378 g/mol. The molecule has 1 aromatic rings. The van der Waals surface area contributed by atoms with Gasteiger partial charge in [-0.05, 0) is 37.5 Å². The summed E-state index contributed by atoms with van der Waals surface area (Å²) in [5.41, 5.74) is 6.46. The van der Waals surface area contributed by atoms with Crippen molar-refractivity contribution in [2.75, 3.05) is 13.2 Å². The second-order valence-corrected chi connectivity index (χ2v) is 8.96. The molecule has 2 aliphatic carbocycles. The van der Waals surface area contributed by atoms with Crippen LogP contribution in [0.25, 0.3) is 0 Å². The largest absolute Gasteiger partial charge is 0.378 e. The predicted octanol–water partition coefficient (Wildman–Crippen LogP) is 3.80. The SMILES string of the molecule is CCOC1CC(N)(C(=O)NCC2(c3cccc(Cl)c3)CCCC2)C1(C)C. The summed E-state index contributed by atoms with van der Waals surface area (Å²) in [6, 6.07) is 8.05. The molecule has 0 heterocycles. The van der Waals surface area contributed by atoms with Crippen LogP contribution in [-0.2, 0) is 14.9 Å². The van der Waals surface area contributed by atoms with Crippen LogP contribution < -0.4 is 11.1 Å². The summed E-state index contributed by atoms with van der Waals surface area (Å²) < 4.78 is 5.74. The lowest BCUT2D eigenvalue weighted by Crippen LogP contribution is -2.76. The lowest BCUT2D eigenvalue weighted by atomic mass is 9.54. The highest BCUT2D eigenvalue weighted by molar-refractivity contribution is 6.30. The highest BCUT2D eigenvalue weighted by Gasteiger charge is 2.63. The number of hydrogen-bond donors (Lipinski definition) is 2. The third-order valence-corrected chi connectivity index (χ3v) is 7.06. The smallest absolute Gasteiger partial charge is 0.240 e. The van der Waals surface area contributed by atoms with E-state index in [-0.39, 0.29) is 22.8 Å². The van der Waals surface area contributed by atoms with Crippen LogP contribution in [0.1, 0.15) is 58.4 Å². The van der Waals surface area contributed by atoms with E-state index in [1.807, 2.05) is 39.0 Å². The van der Waals surface area contributed by atoms with Gasteiger partial charge in [0.15, 0.2) is 0 Å². The molecule has 0 radical (unpaired) electrons. The van der Waals surface area contributed by atoms with E-state index in [2.05, 4.69) is 11.4 Å². The third kappa shape index (κ3) is 3.17. The van der Waals surface area contributed by atoms with E-state index in [1.54, 1.807) is 0 Å². The van der Waals surface area contributed by atoms with Crippen molar-refractivity contribution < 1.29 is 9.53 Å². The van der Waals surface area contributed by atoms with Crippen LogP contribution >= 0.6 is 11.6 Å². The van der Waals surface area contributed by atoms with Crippen molar-refractivity contribution in [1.82, 2.24) is 5.32 Å². The van der Waals surface area contributed by atoms with Crippen LogP contribution in [0.2, 0.25) is 5.02 Å². The summed E-state index contributed by atoms with van der Waals surface area (Å²) in [7, 11) is 0. The number of hydrogen-bond acceptors (Lipinski definition) is 3.